The molecule has 0 bridgehead atoms. The number of nitrogens with zero attached hydrogens (tertiary/aromatic N) is 1. The molecule has 2 amide bonds. The highest BCUT2D eigenvalue weighted by Crippen LogP contribution is 2.23. The summed E-state index contributed by atoms with van der Waals surface area (Å²) in [5.41, 5.74) is -0.248. The summed E-state index contributed by atoms with van der Waals surface area (Å²) >= 11 is 0. The van der Waals surface area contributed by atoms with E-state index >= 15 is 0 Å². The summed E-state index contributed by atoms with van der Waals surface area (Å²) < 4.78 is 10.7. The maximum atomic E-state index is 12.1. The van der Waals surface area contributed by atoms with Crippen molar-refractivity contribution in [2.45, 2.75) is 57.2 Å². The molecule has 1 unspecified atom stereocenters. The highest BCUT2D eigenvalue weighted by atomic mass is 16.5. The quantitative estimate of drug-likeness (QED) is 0.703. The van der Waals surface area contributed by atoms with Gasteiger partial charge in [0.2, 0.25) is 0 Å². The van der Waals surface area contributed by atoms with E-state index in [9.17, 15) is 9.59 Å². The topological polar surface area (TPSA) is 79.9 Å². The van der Waals surface area contributed by atoms with E-state index in [1.54, 1.807) is 7.11 Å². The van der Waals surface area contributed by atoms with E-state index in [2.05, 4.69) is 15.5 Å². The van der Waals surface area contributed by atoms with Crippen molar-refractivity contribution in [1.29, 1.82) is 0 Å². The number of rotatable bonds is 5. The summed E-state index contributed by atoms with van der Waals surface area (Å²) in [6, 6.07) is 0.0797. The van der Waals surface area contributed by atoms with Crippen molar-refractivity contribution in [2.24, 2.45) is 0 Å². The Bertz CT molecular complexity index is 434. The number of piperidine rings is 1. The van der Waals surface area contributed by atoms with E-state index in [1.165, 1.54) is 0 Å². The zero-order valence-corrected chi connectivity index (χ0v) is 15.1. The molecule has 2 N–H and O–H groups in total. The van der Waals surface area contributed by atoms with Crippen LogP contribution in [0.25, 0.3) is 0 Å². The van der Waals surface area contributed by atoms with Crippen LogP contribution in [0, 0.1) is 0 Å². The van der Waals surface area contributed by atoms with Crippen LogP contribution in [-0.4, -0.2) is 74.4 Å². The molecule has 1 atom stereocenters. The molecule has 2 rings (SSSR count). The van der Waals surface area contributed by atoms with Crippen molar-refractivity contribution < 1.29 is 19.1 Å². The Morgan fingerprint density at radius 1 is 1.12 bits per heavy atom. The third-order valence-electron chi connectivity index (χ3n) is 4.77. The standard InChI is InChI=1S/C17H31N3O4/c1-17(2)12-14(6-10-24-17)19-16(22)15(21)18-13-4-7-20(8-5-13)9-11-23-3/h13-14H,4-12H2,1-3H3,(H,18,21)(H,19,22). The number of amides is 2. The van der Waals surface area contributed by atoms with Crippen LogP contribution in [0.5, 0.6) is 0 Å². The average Bonchev–Trinajstić information content (AvgIpc) is 2.53. The van der Waals surface area contributed by atoms with Gasteiger partial charge in [-0.2, -0.15) is 0 Å². The first-order chi connectivity index (χ1) is 11.4. The Morgan fingerprint density at radius 2 is 1.75 bits per heavy atom. The van der Waals surface area contributed by atoms with Gasteiger partial charge in [0.25, 0.3) is 0 Å². The SMILES string of the molecule is COCCN1CCC(NC(=O)C(=O)NC2CCOC(C)(C)C2)CC1. The molecule has 0 aromatic heterocycles. The summed E-state index contributed by atoms with van der Waals surface area (Å²) in [5.74, 6) is -1.05. The number of carbonyl (C=O) groups excluding carboxylic acids is 2. The zero-order chi connectivity index (χ0) is 17.6. The molecule has 0 radical (unpaired) electrons. The van der Waals surface area contributed by atoms with Gasteiger partial charge in [0.1, 0.15) is 0 Å². The van der Waals surface area contributed by atoms with Crippen molar-refractivity contribution in [2.75, 3.05) is 40.0 Å². The van der Waals surface area contributed by atoms with Gasteiger partial charge in [-0.15, -0.1) is 0 Å². The predicted octanol–water partition coefficient (Wildman–Crippen LogP) is 0.287. The number of hydrogen-bond donors (Lipinski definition) is 2. The van der Waals surface area contributed by atoms with E-state index in [0.29, 0.717) is 6.61 Å². The molecule has 2 saturated heterocycles. The zero-order valence-electron chi connectivity index (χ0n) is 15.1. The van der Waals surface area contributed by atoms with Crippen LogP contribution in [0.4, 0.5) is 0 Å². The van der Waals surface area contributed by atoms with Crippen molar-refractivity contribution in [3.63, 3.8) is 0 Å². The van der Waals surface area contributed by atoms with Crippen LogP contribution in [-0.2, 0) is 19.1 Å². The molecule has 7 nitrogen and oxygen atoms in total. The van der Waals surface area contributed by atoms with E-state index in [-0.39, 0.29) is 17.7 Å². The number of hydrogen-bond acceptors (Lipinski definition) is 5. The Labute approximate surface area is 144 Å². The number of carbonyl (C=O) groups is 2. The van der Waals surface area contributed by atoms with Gasteiger partial charge >= 0.3 is 11.8 Å². The first-order valence-electron chi connectivity index (χ1n) is 8.86. The molecule has 0 aromatic rings. The number of ether oxygens (including phenoxy) is 2. The van der Waals surface area contributed by atoms with E-state index in [1.807, 2.05) is 13.8 Å². The first-order valence-corrected chi connectivity index (χ1v) is 8.86. The molecule has 7 heteroatoms. The lowest BCUT2D eigenvalue weighted by atomic mass is 9.94. The third kappa shape index (κ3) is 6.03. The lowest BCUT2D eigenvalue weighted by molar-refractivity contribution is -0.141. The van der Waals surface area contributed by atoms with Crippen molar-refractivity contribution in [3.8, 4) is 0 Å². The first kappa shape index (κ1) is 19.1. The monoisotopic (exact) mass is 341 g/mol. The number of nitrogens with one attached hydrogen (secondary N) is 2. The average molecular weight is 341 g/mol. The predicted molar refractivity (Wildman–Crippen MR) is 90.7 cm³/mol. The van der Waals surface area contributed by atoms with Crippen molar-refractivity contribution >= 4 is 11.8 Å². The van der Waals surface area contributed by atoms with Gasteiger partial charge in [0.15, 0.2) is 0 Å². The van der Waals surface area contributed by atoms with Gasteiger partial charge in [-0.3, -0.25) is 9.59 Å². The van der Waals surface area contributed by atoms with Crippen LogP contribution < -0.4 is 10.6 Å². The number of likely N-dealkylation sites (tertiary alicyclic amines) is 1. The molecule has 2 aliphatic rings. The normalized spacial score (nSPS) is 25.2. The fourth-order valence-electron chi connectivity index (χ4n) is 3.38. The molecule has 24 heavy (non-hydrogen) atoms. The van der Waals surface area contributed by atoms with Crippen LogP contribution >= 0.6 is 0 Å². The lowest BCUT2D eigenvalue weighted by Crippen LogP contribution is -2.53. The van der Waals surface area contributed by atoms with E-state index < -0.39 is 11.8 Å². The summed E-state index contributed by atoms with van der Waals surface area (Å²) in [5, 5.41) is 5.71. The van der Waals surface area contributed by atoms with Crippen LogP contribution in [0.1, 0.15) is 39.5 Å². The molecule has 0 aliphatic carbocycles. The molecular weight excluding hydrogens is 310 g/mol. The molecule has 2 heterocycles. The van der Waals surface area contributed by atoms with E-state index in [4.69, 9.17) is 9.47 Å². The molecule has 2 aliphatic heterocycles. The third-order valence-corrected chi connectivity index (χ3v) is 4.77. The minimum Gasteiger partial charge on any atom is -0.383 e. The van der Waals surface area contributed by atoms with Crippen LogP contribution in [0.2, 0.25) is 0 Å². The fourth-order valence-corrected chi connectivity index (χ4v) is 3.38. The molecular formula is C17H31N3O4. The van der Waals surface area contributed by atoms with Gasteiger partial charge in [0.05, 0.1) is 12.2 Å². The highest BCUT2D eigenvalue weighted by molar-refractivity contribution is 6.35. The van der Waals surface area contributed by atoms with Gasteiger partial charge in [0, 0.05) is 45.4 Å². The Hall–Kier alpha value is -1.18. The summed E-state index contributed by atoms with van der Waals surface area (Å²) in [6.45, 7) is 8.09. The Morgan fingerprint density at radius 3 is 2.33 bits per heavy atom. The fraction of sp³-hybridized carbons (Fsp3) is 0.882. The summed E-state index contributed by atoms with van der Waals surface area (Å²) in [6.07, 6.45) is 3.21. The van der Waals surface area contributed by atoms with Crippen molar-refractivity contribution in [1.82, 2.24) is 15.5 Å². The van der Waals surface area contributed by atoms with Gasteiger partial charge < -0.3 is 25.0 Å². The molecule has 138 valence electrons. The molecule has 2 fully saturated rings. The smallest absolute Gasteiger partial charge is 0.309 e. The van der Waals surface area contributed by atoms with Crippen LogP contribution in [0.3, 0.4) is 0 Å². The maximum Gasteiger partial charge on any atom is 0.309 e. The second-order valence-corrected chi connectivity index (χ2v) is 7.35. The molecule has 0 saturated carbocycles. The van der Waals surface area contributed by atoms with Gasteiger partial charge in [-0.25, -0.2) is 0 Å². The van der Waals surface area contributed by atoms with E-state index in [0.717, 1.165) is 51.9 Å². The Kier molecular flexibility index (Phi) is 7.01. The Balaban J connectivity index is 1.70. The highest BCUT2D eigenvalue weighted by Gasteiger charge is 2.31. The second-order valence-electron chi connectivity index (χ2n) is 7.35. The minimum atomic E-state index is -0.528. The minimum absolute atomic E-state index is 0.00268. The number of methoxy groups -OCH3 is 1. The lowest BCUT2D eigenvalue weighted by Gasteiger charge is -2.36. The summed E-state index contributed by atoms with van der Waals surface area (Å²) in [4.78, 5) is 26.5. The van der Waals surface area contributed by atoms with Crippen LogP contribution in [0.15, 0.2) is 0 Å². The van der Waals surface area contributed by atoms with Gasteiger partial charge in [-0.1, -0.05) is 0 Å². The molecule has 0 aromatic carbocycles. The molecule has 0 spiro atoms. The maximum absolute atomic E-state index is 12.1. The second kappa shape index (κ2) is 8.78. The van der Waals surface area contributed by atoms with Crippen molar-refractivity contribution in [3.05, 3.63) is 0 Å². The van der Waals surface area contributed by atoms with Gasteiger partial charge in [-0.05, 0) is 39.5 Å². The largest absolute Gasteiger partial charge is 0.383 e. The summed E-state index contributed by atoms with van der Waals surface area (Å²) in [7, 11) is 1.70.